The smallest absolute Gasteiger partial charge is 0.159 e. The molecule has 0 saturated carbocycles. The highest BCUT2D eigenvalue weighted by atomic mass is 16.5. The van der Waals surface area contributed by atoms with Crippen LogP contribution in [0.25, 0.3) is 0 Å². The Hall–Kier alpha value is -2.09. The van der Waals surface area contributed by atoms with Gasteiger partial charge in [0.15, 0.2) is 5.78 Å². The summed E-state index contributed by atoms with van der Waals surface area (Å²) in [6.45, 7) is 7.98. The Morgan fingerprint density at radius 2 is 1.83 bits per heavy atom. The molecule has 2 aromatic carbocycles. The monoisotopic (exact) mass is 324 g/mol. The first-order valence-electron chi connectivity index (χ1n) is 8.78. The molecule has 0 N–H and O–H groups in total. The second-order valence-electron chi connectivity index (χ2n) is 6.98. The molecule has 0 bridgehead atoms. The summed E-state index contributed by atoms with van der Waals surface area (Å²) in [6.07, 6.45) is 4.44. The molecule has 3 rings (SSSR count). The molecule has 0 aromatic heterocycles. The molecule has 24 heavy (non-hydrogen) atoms. The van der Waals surface area contributed by atoms with E-state index in [4.69, 9.17) is 4.74 Å². The van der Waals surface area contributed by atoms with E-state index in [1.807, 2.05) is 18.2 Å². The van der Waals surface area contributed by atoms with Crippen LogP contribution >= 0.6 is 0 Å². The van der Waals surface area contributed by atoms with Gasteiger partial charge in [-0.3, -0.25) is 4.79 Å². The first kappa shape index (κ1) is 18.3. The lowest BCUT2D eigenvalue weighted by Crippen LogP contribution is -2.32. The molecule has 1 aliphatic rings. The quantitative estimate of drug-likeness (QED) is 0.684. The van der Waals surface area contributed by atoms with Crippen LogP contribution in [0.1, 0.15) is 62.0 Å². The fourth-order valence-corrected chi connectivity index (χ4v) is 2.81. The average molecular weight is 324 g/mol. The fourth-order valence-electron chi connectivity index (χ4n) is 2.81. The van der Waals surface area contributed by atoms with E-state index in [0.29, 0.717) is 0 Å². The van der Waals surface area contributed by atoms with E-state index >= 15 is 0 Å². The van der Waals surface area contributed by atoms with Crippen LogP contribution in [0.2, 0.25) is 0 Å². The van der Waals surface area contributed by atoms with Gasteiger partial charge in [-0.2, -0.15) is 0 Å². The SMILES string of the molecule is CC(=O)c1ccc2c(c1)CCC(C)(C)O2.CCCc1ccccc1. The number of ketones is 1. The van der Waals surface area contributed by atoms with Crippen molar-refractivity contribution in [1.82, 2.24) is 0 Å². The number of ether oxygens (including phenoxy) is 1. The average Bonchev–Trinajstić information content (AvgIpc) is 2.55. The van der Waals surface area contributed by atoms with Gasteiger partial charge in [0.25, 0.3) is 0 Å². The first-order chi connectivity index (χ1) is 11.4. The fraction of sp³-hybridized carbons (Fsp3) is 0.409. The number of aryl methyl sites for hydroxylation is 2. The van der Waals surface area contributed by atoms with Crippen LogP contribution in [0.5, 0.6) is 5.75 Å². The number of carbonyl (C=O) groups is 1. The molecule has 0 amide bonds. The van der Waals surface area contributed by atoms with E-state index in [2.05, 4.69) is 51.1 Å². The molecule has 0 fully saturated rings. The number of carbonyl (C=O) groups excluding carboxylic acids is 1. The molecular weight excluding hydrogens is 296 g/mol. The van der Waals surface area contributed by atoms with Crippen LogP contribution in [-0.4, -0.2) is 11.4 Å². The molecule has 0 atom stereocenters. The third-order valence-corrected chi connectivity index (χ3v) is 4.23. The van der Waals surface area contributed by atoms with E-state index in [9.17, 15) is 4.79 Å². The van der Waals surface area contributed by atoms with Gasteiger partial charge in [0.05, 0.1) is 0 Å². The highest BCUT2D eigenvalue weighted by Crippen LogP contribution is 2.33. The minimum atomic E-state index is -0.0786. The molecule has 128 valence electrons. The summed E-state index contributed by atoms with van der Waals surface area (Å²) in [4.78, 5) is 11.2. The lowest BCUT2D eigenvalue weighted by Gasteiger charge is -2.32. The van der Waals surface area contributed by atoms with Crippen molar-refractivity contribution >= 4 is 5.78 Å². The van der Waals surface area contributed by atoms with E-state index in [0.717, 1.165) is 29.7 Å². The van der Waals surface area contributed by atoms with Crippen LogP contribution in [0.15, 0.2) is 48.5 Å². The van der Waals surface area contributed by atoms with Crippen LogP contribution < -0.4 is 4.74 Å². The van der Waals surface area contributed by atoms with Gasteiger partial charge in [0.2, 0.25) is 0 Å². The molecule has 0 aliphatic carbocycles. The molecule has 2 aromatic rings. The van der Waals surface area contributed by atoms with Gasteiger partial charge in [-0.25, -0.2) is 0 Å². The van der Waals surface area contributed by atoms with Crippen LogP contribution in [-0.2, 0) is 12.8 Å². The maximum absolute atomic E-state index is 11.2. The molecule has 0 radical (unpaired) electrons. The van der Waals surface area contributed by atoms with Gasteiger partial charge >= 0.3 is 0 Å². The molecule has 1 aliphatic heterocycles. The van der Waals surface area contributed by atoms with Gasteiger partial charge in [-0.05, 0) is 69.4 Å². The number of hydrogen-bond acceptors (Lipinski definition) is 2. The van der Waals surface area contributed by atoms with Crippen molar-refractivity contribution in [1.29, 1.82) is 0 Å². The minimum Gasteiger partial charge on any atom is -0.488 e. The lowest BCUT2D eigenvalue weighted by atomic mass is 9.93. The molecule has 0 unspecified atom stereocenters. The van der Waals surface area contributed by atoms with Crippen molar-refractivity contribution in [3.05, 3.63) is 65.2 Å². The summed E-state index contributed by atoms with van der Waals surface area (Å²) >= 11 is 0. The topological polar surface area (TPSA) is 26.3 Å². The minimum absolute atomic E-state index is 0.0786. The number of rotatable bonds is 3. The maximum Gasteiger partial charge on any atom is 0.159 e. The van der Waals surface area contributed by atoms with Gasteiger partial charge in [-0.15, -0.1) is 0 Å². The third kappa shape index (κ3) is 5.23. The van der Waals surface area contributed by atoms with Gasteiger partial charge in [0.1, 0.15) is 11.4 Å². The van der Waals surface area contributed by atoms with E-state index in [1.165, 1.54) is 18.4 Å². The largest absolute Gasteiger partial charge is 0.488 e. The normalized spacial score (nSPS) is 14.7. The predicted molar refractivity (Wildman–Crippen MR) is 99.9 cm³/mol. The van der Waals surface area contributed by atoms with E-state index in [-0.39, 0.29) is 11.4 Å². The lowest BCUT2D eigenvalue weighted by molar-refractivity contribution is 0.0846. The maximum atomic E-state index is 11.2. The van der Waals surface area contributed by atoms with Crippen LogP contribution in [0.3, 0.4) is 0 Å². The van der Waals surface area contributed by atoms with Crippen molar-refractivity contribution in [3.63, 3.8) is 0 Å². The zero-order chi connectivity index (χ0) is 17.6. The second kappa shape index (κ2) is 8.14. The van der Waals surface area contributed by atoms with E-state index in [1.54, 1.807) is 6.92 Å². The Morgan fingerprint density at radius 3 is 2.46 bits per heavy atom. The first-order valence-corrected chi connectivity index (χ1v) is 8.78. The zero-order valence-corrected chi connectivity index (χ0v) is 15.3. The molecular formula is C22H28O2. The molecule has 0 saturated heterocycles. The molecule has 2 heteroatoms. The summed E-state index contributed by atoms with van der Waals surface area (Å²) < 4.78 is 5.84. The number of fused-ring (bicyclic) bond motifs is 1. The summed E-state index contributed by atoms with van der Waals surface area (Å²) in [5.41, 5.74) is 3.30. The van der Waals surface area contributed by atoms with Crippen molar-refractivity contribution in [2.24, 2.45) is 0 Å². The highest BCUT2D eigenvalue weighted by molar-refractivity contribution is 5.94. The van der Waals surface area contributed by atoms with Crippen LogP contribution in [0.4, 0.5) is 0 Å². The number of Topliss-reactive ketones (excluding diaryl/α,β-unsaturated/α-hetero) is 1. The Bertz CT molecular complexity index is 672. The van der Waals surface area contributed by atoms with Crippen molar-refractivity contribution in [2.45, 2.75) is 59.0 Å². The second-order valence-corrected chi connectivity index (χ2v) is 6.98. The number of hydrogen-bond donors (Lipinski definition) is 0. The van der Waals surface area contributed by atoms with Crippen molar-refractivity contribution in [3.8, 4) is 5.75 Å². The highest BCUT2D eigenvalue weighted by Gasteiger charge is 2.26. The summed E-state index contributed by atoms with van der Waals surface area (Å²) in [5.74, 6) is 1.04. The van der Waals surface area contributed by atoms with Crippen molar-refractivity contribution in [2.75, 3.05) is 0 Å². The standard InChI is InChI=1S/C13H16O2.C9H12/c1-9(14)10-4-5-12-11(8-10)6-7-13(2,3)15-12;1-2-6-9-7-4-3-5-8-9/h4-5,8H,6-7H2,1-3H3;3-5,7-8H,2,6H2,1H3. The Kier molecular flexibility index (Phi) is 6.19. The van der Waals surface area contributed by atoms with Gasteiger partial charge < -0.3 is 4.74 Å². The predicted octanol–water partition coefficient (Wildman–Crippen LogP) is 5.63. The molecule has 0 spiro atoms. The Morgan fingerprint density at radius 1 is 1.12 bits per heavy atom. The van der Waals surface area contributed by atoms with E-state index < -0.39 is 0 Å². The summed E-state index contributed by atoms with van der Waals surface area (Å²) in [5, 5.41) is 0. The Balaban J connectivity index is 0.000000198. The van der Waals surface area contributed by atoms with Crippen molar-refractivity contribution < 1.29 is 9.53 Å². The summed E-state index contributed by atoms with van der Waals surface area (Å²) in [6, 6.07) is 16.3. The number of benzene rings is 2. The Labute approximate surface area is 145 Å². The molecule has 2 nitrogen and oxygen atoms in total. The summed E-state index contributed by atoms with van der Waals surface area (Å²) in [7, 11) is 0. The van der Waals surface area contributed by atoms with Gasteiger partial charge in [-0.1, -0.05) is 43.7 Å². The molecule has 1 heterocycles. The van der Waals surface area contributed by atoms with Gasteiger partial charge in [0, 0.05) is 5.56 Å². The van der Waals surface area contributed by atoms with Crippen LogP contribution in [0, 0.1) is 0 Å². The zero-order valence-electron chi connectivity index (χ0n) is 15.3. The third-order valence-electron chi connectivity index (χ3n) is 4.23.